The van der Waals surface area contributed by atoms with Gasteiger partial charge in [-0.2, -0.15) is 0 Å². The molecule has 1 aromatic heterocycles. The van der Waals surface area contributed by atoms with Crippen LogP contribution in [-0.4, -0.2) is 68.5 Å². The lowest BCUT2D eigenvalue weighted by Gasteiger charge is -2.36. The molecule has 0 aliphatic carbocycles. The molecule has 10 heteroatoms. The molecule has 2 N–H and O–H groups in total. The maximum atomic E-state index is 13.8. The van der Waals surface area contributed by atoms with Gasteiger partial charge < -0.3 is 25.0 Å². The Kier molecular flexibility index (Phi) is 6.08. The Morgan fingerprint density at radius 2 is 2.04 bits per heavy atom. The van der Waals surface area contributed by atoms with E-state index in [0.717, 1.165) is 5.56 Å². The Morgan fingerprint density at radius 3 is 2.71 bits per heavy atom. The number of nitrogens with one attached hydrogen (secondary N) is 1. The molecule has 2 amide bonds. The average molecular weight is 380 g/mol. The van der Waals surface area contributed by atoms with Gasteiger partial charge in [-0.05, 0) is 23.8 Å². The summed E-state index contributed by atoms with van der Waals surface area (Å²) < 4.78 is 18.8. The third-order valence-corrected chi connectivity index (χ3v) is 4.28. The molecule has 142 valence electrons. The fourth-order valence-electron chi connectivity index (χ4n) is 2.97. The van der Waals surface area contributed by atoms with Gasteiger partial charge in [-0.15, -0.1) is 0 Å². The number of piperazine rings is 1. The van der Waals surface area contributed by atoms with Crippen LogP contribution in [-0.2, 0) is 6.54 Å². The molecule has 1 aliphatic heterocycles. The molecule has 1 saturated heterocycles. The Hall–Kier alpha value is -2.74. The number of pyridine rings is 1. The number of hydrogen-bond donors (Lipinski definition) is 2. The van der Waals surface area contributed by atoms with Crippen LogP contribution in [0.15, 0.2) is 42.7 Å². The van der Waals surface area contributed by atoms with Gasteiger partial charge in [0.1, 0.15) is 11.3 Å². The molecule has 0 atom stereocenters. The third-order valence-electron chi connectivity index (χ3n) is 4.28. The predicted octanol–water partition coefficient (Wildman–Crippen LogP) is 0.572. The second-order valence-electron chi connectivity index (χ2n) is 6.46. The van der Waals surface area contributed by atoms with Gasteiger partial charge in [0, 0.05) is 38.9 Å². The molecule has 4 radical (unpaired) electrons. The molecular weight excluding hydrogens is 361 g/mol. The molecule has 3 rings (SSSR count). The minimum absolute atomic E-state index is 0.213. The highest BCUT2D eigenvalue weighted by molar-refractivity contribution is 6.37. The van der Waals surface area contributed by atoms with Gasteiger partial charge in [0.15, 0.2) is 21.5 Å². The van der Waals surface area contributed by atoms with Crippen molar-refractivity contribution in [3.63, 3.8) is 0 Å². The molecule has 0 unspecified atom stereocenters. The first kappa shape index (κ1) is 20.0. The van der Waals surface area contributed by atoms with E-state index in [1.54, 1.807) is 41.4 Å². The summed E-state index contributed by atoms with van der Waals surface area (Å²) in [7, 11) is 10.4. The number of nitrogens with zero attached hydrogens (tertiary/aromatic N) is 3. The maximum Gasteiger partial charge on any atom is 0.317 e. The number of amides is 2. The van der Waals surface area contributed by atoms with Crippen LogP contribution < -0.4 is 15.0 Å². The van der Waals surface area contributed by atoms with Crippen molar-refractivity contribution in [3.05, 3.63) is 54.1 Å². The van der Waals surface area contributed by atoms with Gasteiger partial charge in [-0.3, -0.25) is 4.98 Å². The lowest BCUT2D eigenvalue weighted by Crippen LogP contribution is -2.51. The zero-order valence-corrected chi connectivity index (χ0v) is 15.2. The van der Waals surface area contributed by atoms with E-state index in [9.17, 15) is 14.3 Å². The highest BCUT2D eigenvalue weighted by Crippen LogP contribution is 2.19. The molecule has 28 heavy (non-hydrogen) atoms. The van der Waals surface area contributed by atoms with Crippen molar-refractivity contribution in [2.24, 2.45) is 0 Å². The fourth-order valence-corrected chi connectivity index (χ4v) is 2.97. The summed E-state index contributed by atoms with van der Waals surface area (Å²) in [5, 5.41) is 12.1. The molecule has 0 bridgehead atoms. The summed E-state index contributed by atoms with van der Waals surface area (Å²) >= 11 is 0. The quantitative estimate of drug-likeness (QED) is 0.586. The molecule has 0 saturated carbocycles. The second-order valence-corrected chi connectivity index (χ2v) is 6.46. The van der Waals surface area contributed by atoms with Crippen molar-refractivity contribution in [1.82, 2.24) is 15.2 Å². The van der Waals surface area contributed by atoms with Crippen LogP contribution in [0, 0.1) is 5.82 Å². The summed E-state index contributed by atoms with van der Waals surface area (Å²) in [5.74, 6) is -0.0865. The second kappa shape index (κ2) is 8.52. The molecular formula is C18H19B2FN4O3. The van der Waals surface area contributed by atoms with Crippen LogP contribution in [0.1, 0.15) is 5.56 Å². The van der Waals surface area contributed by atoms with Crippen molar-refractivity contribution < 1.29 is 19.0 Å². The Bertz CT molecular complexity index is 826. The van der Waals surface area contributed by atoms with E-state index in [-0.39, 0.29) is 24.1 Å². The van der Waals surface area contributed by atoms with Crippen molar-refractivity contribution in [3.8, 4) is 5.75 Å². The molecule has 7 nitrogen and oxygen atoms in total. The zero-order chi connectivity index (χ0) is 20.1. The summed E-state index contributed by atoms with van der Waals surface area (Å²) in [6.07, 6.45) is 2.73. The number of rotatable bonds is 5. The van der Waals surface area contributed by atoms with E-state index in [0.29, 0.717) is 31.9 Å². The standard InChI is InChI=1S/C18H19B2FN4O3/c19-18(20,27)28-14-3-1-2-13(10-14)11-23-17(26)25-8-6-24(7-9-25)16-4-5-22-12-15(16)21/h1-5,10,12,27H,6-9,11H2,(H,23,26). The normalized spacial score (nSPS) is 14.6. The van der Waals surface area contributed by atoms with Crippen molar-refractivity contribution in [1.29, 1.82) is 0 Å². The van der Waals surface area contributed by atoms with Crippen LogP contribution >= 0.6 is 0 Å². The van der Waals surface area contributed by atoms with Gasteiger partial charge in [0.25, 0.3) is 0 Å². The van der Waals surface area contributed by atoms with Crippen LogP contribution in [0.5, 0.6) is 5.75 Å². The lowest BCUT2D eigenvalue weighted by molar-refractivity contribution is 0.0127. The Balaban J connectivity index is 1.50. The van der Waals surface area contributed by atoms with E-state index < -0.39 is 5.59 Å². The van der Waals surface area contributed by atoms with Gasteiger partial charge >= 0.3 is 6.03 Å². The highest BCUT2D eigenvalue weighted by atomic mass is 19.1. The number of ether oxygens (including phenoxy) is 1. The number of urea groups is 1. The molecule has 1 aromatic carbocycles. The van der Waals surface area contributed by atoms with E-state index >= 15 is 0 Å². The number of carbonyl (C=O) groups excluding carboxylic acids is 1. The van der Waals surface area contributed by atoms with Gasteiger partial charge in [0.05, 0.1) is 11.9 Å². The Morgan fingerprint density at radius 1 is 1.29 bits per heavy atom. The molecule has 1 fully saturated rings. The van der Waals surface area contributed by atoms with Crippen molar-refractivity contribution in [2.75, 3.05) is 31.1 Å². The number of halogens is 1. The number of aromatic nitrogens is 1. The van der Waals surface area contributed by atoms with Gasteiger partial charge in [-0.1, -0.05) is 12.1 Å². The first-order valence-corrected chi connectivity index (χ1v) is 8.77. The Labute approximate surface area is 165 Å². The van der Waals surface area contributed by atoms with Gasteiger partial charge in [0.2, 0.25) is 0 Å². The molecule has 0 spiro atoms. The monoisotopic (exact) mass is 380 g/mol. The van der Waals surface area contributed by atoms with Crippen molar-refractivity contribution in [2.45, 2.75) is 12.1 Å². The average Bonchev–Trinajstić information content (AvgIpc) is 2.66. The first-order valence-electron chi connectivity index (χ1n) is 8.77. The van der Waals surface area contributed by atoms with E-state index in [4.69, 9.17) is 20.4 Å². The molecule has 2 heterocycles. The minimum Gasteiger partial charge on any atom is -0.482 e. The smallest absolute Gasteiger partial charge is 0.317 e. The van der Waals surface area contributed by atoms with Crippen LogP contribution in [0.25, 0.3) is 0 Å². The molecule has 1 aliphatic rings. The minimum atomic E-state index is -2.27. The summed E-state index contributed by atoms with van der Waals surface area (Å²) in [6.45, 7) is 2.28. The van der Waals surface area contributed by atoms with E-state index in [1.165, 1.54) is 6.20 Å². The van der Waals surface area contributed by atoms with Gasteiger partial charge in [-0.25, -0.2) is 9.18 Å². The van der Waals surface area contributed by atoms with Crippen LogP contribution in [0.3, 0.4) is 0 Å². The number of aliphatic hydroxyl groups is 1. The van der Waals surface area contributed by atoms with Crippen molar-refractivity contribution >= 4 is 27.4 Å². The fraction of sp³-hybridized carbons (Fsp3) is 0.333. The predicted molar refractivity (Wildman–Crippen MR) is 104 cm³/mol. The largest absolute Gasteiger partial charge is 0.482 e. The van der Waals surface area contributed by atoms with E-state index in [1.807, 2.05) is 4.90 Å². The van der Waals surface area contributed by atoms with E-state index in [2.05, 4.69) is 10.3 Å². The zero-order valence-electron chi connectivity index (χ0n) is 15.2. The third kappa shape index (κ3) is 5.39. The summed E-state index contributed by atoms with van der Waals surface area (Å²) in [6, 6.07) is 8.12. The maximum absolute atomic E-state index is 13.8. The number of anilines is 1. The van der Waals surface area contributed by atoms with Crippen LogP contribution in [0.4, 0.5) is 14.9 Å². The summed E-state index contributed by atoms with van der Waals surface area (Å²) in [5.41, 5.74) is -1.02. The topological polar surface area (TPSA) is 77.9 Å². The summed E-state index contributed by atoms with van der Waals surface area (Å²) in [4.78, 5) is 19.7. The highest BCUT2D eigenvalue weighted by Gasteiger charge is 2.22. The number of benzene rings is 1. The number of carbonyl (C=O) groups is 1. The van der Waals surface area contributed by atoms with Crippen LogP contribution in [0.2, 0.25) is 0 Å². The first-order chi connectivity index (χ1) is 13.3. The number of hydrogen-bond acceptors (Lipinski definition) is 5. The molecule has 2 aromatic rings. The SMILES string of the molecule is [B]C([B])(O)Oc1cccc(CNC(=O)N2CCN(c3ccncc3F)CC2)c1. The lowest BCUT2D eigenvalue weighted by atomic mass is 9.76.